The molecule has 116 valence electrons. The minimum Gasteiger partial charge on any atom is -0.386 e. The molecule has 1 unspecified atom stereocenters. The van der Waals surface area contributed by atoms with Gasteiger partial charge in [-0.15, -0.1) is 0 Å². The van der Waals surface area contributed by atoms with Gasteiger partial charge in [-0.05, 0) is 0 Å². The van der Waals surface area contributed by atoms with Gasteiger partial charge in [0.1, 0.15) is 24.1 Å². The lowest BCUT2D eigenvalue weighted by Crippen LogP contribution is -2.39. The first-order valence-electron chi connectivity index (χ1n) is 5.91. The molecule has 0 aromatic carbocycles. The number of aromatic nitrogens is 2. The number of nitrogens with two attached hydrogens (primary N) is 2. The summed E-state index contributed by atoms with van der Waals surface area (Å²) >= 11 is 0. The number of ether oxygens (including phenoxy) is 1. The van der Waals surface area contributed by atoms with Gasteiger partial charge >= 0.3 is 7.82 Å². The summed E-state index contributed by atoms with van der Waals surface area (Å²) in [6.45, 7) is -0.219. The number of amides is 1. The Bertz CT molecular complexity index is 634. The van der Waals surface area contributed by atoms with Crippen molar-refractivity contribution in [2.75, 3.05) is 12.3 Å². The quantitative estimate of drug-likeness (QED) is 0.465. The molecular weight excluding hydrogens is 307 g/mol. The van der Waals surface area contributed by atoms with Gasteiger partial charge in [0.25, 0.3) is 5.91 Å². The summed E-state index contributed by atoms with van der Waals surface area (Å²) in [5.74, 6) is -0.908. The molecule has 1 amide bonds. The van der Waals surface area contributed by atoms with Crippen LogP contribution in [0, 0.1) is 0 Å². The maximum atomic E-state index is 11.4. The second kappa shape index (κ2) is 4.77. The van der Waals surface area contributed by atoms with Gasteiger partial charge in [-0.1, -0.05) is 0 Å². The largest absolute Gasteiger partial charge is 0.472 e. The van der Waals surface area contributed by atoms with Gasteiger partial charge < -0.3 is 26.2 Å². The van der Waals surface area contributed by atoms with Gasteiger partial charge in [0.2, 0.25) is 0 Å². The summed E-state index contributed by atoms with van der Waals surface area (Å²) in [5, 5.41) is 10.2. The summed E-state index contributed by atoms with van der Waals surface area (Å²) < 4.78 is 27.5. The minimum atomic E-state index is -4.20. The van der Waals surface area contributed by atoms with E-state index >= 15 is 0 Å². The molecule has 0 radical (unpaired) electrons. The molecule has 0 saturated carbocycles. The summed E-state index contributed by atoms with van der Waals surface area (Å²) in [6, 6.07) is 0. The molecule has 12 heteroatoms. The predicted octanol–water partition coefficient (Wildman–Crippen LogP) is -1.66. The van der Waals surface area contributed by atoms with Gasteiger partial charge in [-0.2, -0.15) is 0 Å². The average Bonchev–Trinajstić information content (AvgIpc) is 2.90. The number of rotatable bonds is 2. The highest BCUT2D eigenvalue weighted by atomic mass is 31.2. The fourth-order valence-electron chi connectivity index (χ4n) is 2.33. The smallest absolute Gasteiger partial charge is 0.386 e. The van der Waals surface area contributed by atoms with E-state index in [9.17, 15) is 19.4 Å². The number of aliphatic hydroxyl groups is 1. The number of nitrogens with zero attached hydrogens (tertiary/aromatic N) is 2. The van der Waals surface area contributed by atoms with Crippen molar-refractivity contribution in [1.82, 2.24) is 9.55 Å². The maximum absolute atomic E-state index is 11.4. The van der Waals surface area contributed by atoms with Crippen LogP contribution in [0.15, 0.2) is 6.33 Å². The van der Waals surface area contributed by atoms with Crippen molar-refractivity contribution in [2.24, 2.45) is 5.73 Å². The molecule has 3 heterocycles. The van der Waals surface area contributed by atoms with Crippen LogP contribution in [-0.4, -0.2) is 50.4 Å². The minimum absolute atomic E-state index is 0.0849. The molecule has 11 nitrogen and oxygen atoms in total. The van der Waals surface area contributed by atoms with Crippen LogP contribution < -0.4 is 11.5 Å². The molecule has 21 heavy (non-hydrogen) atoms. The van der Waals surface area contributed by atoms with Gasteiger partial charge in [0.05, 0.1) is 12.9 Å². The van der Waals surface area contributed by atoms with Crippen LogP contribution in [0.25, 0.3) is 0 Å². The van der Waals surface area contributed by atoms with E-state index in [-0.39, 0.29) is 18.1 Å². The van der Waals surface area contributed by atoms with Crippen LogP contribution >= 0.6 is 7.82 Å². The first-order valence-corrected chi connectivity index (χ1v) is 7.41. The molecule has 2 aliphatic rings. The lowest BCUT2D eigenvalue weighted by atomic mass is 10.1. The van der Waals surface area contributed by atoms with Crippen LogP contribution in [-0.2, 0) is 18.3 Å². The Labute approximate surface area is 118 Å². The predicted molar refractivity (Wildman–Crippen MR) is 65.7 cm³/mol. The van der Waals surface area contributed by atoms with E-state index in [1.54, 1.807) is 0 Å². The summed E-state index contributed by atoms with van der Waals surface area (Å²) in [5.41, 5.74) is 10.7. The van der Waals surface area contributed by atoms with Crippen molar-refractivity contribution in [1.29, 1.82) is 0 Å². The number of carbonyl (C=O) groups excluding carboxylic acids is 1. The van der Waals surface area contributed by atoms with E-state index in [1.165, 1.54) is 10.9 Å². The van der Waals surface area contributed by atoms with E-state index in [2.05, 4.69) is 9.51 Å². The zero-order valence-electron chi connectivity index (χ0n) is 10.5. The highest BCUT2D eigenvalue weighted by Crippen LogP contribution is 2.52. The van der Waals surface area contributed by atoms with Crippen LogP contribution in [0.2, 0.25) is 0 Å². The number of phosphoric ester groups is 1. The number of hydrogen-bond donors (Lipinski definition) is 4. The number of carbonyl (C=O) groups is 1. The Balaban J connectivity index is 1.88. The third-order valence-electron chi connectivity index (χ3n) is 3.31. The Morgan fingerprint density at radius 2 is 2.29 bits per heavy atom. The van der Waals surface area contributed by atoms with Crippen molar-refractivity contribution in [3.05, 3.63) is 12.0 Å². The van der Waals surface area contributed by atoms with Crippen molar-refractivity contribution >= 4 is 19.5 Å². The normalized spacial score (nSPS) is 39.1. The van der Waals surface area contributed by atoms with Crippen LogP contribution in [0.1, 0.15) is 16.7 Å². The Kier molecular flexibility index (Phi) is 3.28. The first-order chi connectivity index (χ1) is 9.80. The fourth-order valence-corrected chi connectivity index (χ4v) is 3.29. The number of aliphatic hydroxyl groups excluding tert-OH is 1. The molecule has 2 aliphatic heterocycles. The van der Waals surface area contributed by atoms with Gasteiger partial charge in [-0.25, -0.2) is 9.55 Å². The molecule has 2 fully saturated rings. The van der Waals surface area contributed by atoms with Crippen LogP contribution in [0.3, 0.4) is 0 Å². The van der Waals surface area contributed by atoms with E-state index in [1.807, 2.05) is 0 Å². The Morgan fingerprint density at radius 3 is 2.90 bits per heavy atom. The van der Waals surface area contributed by atoms with Crippen LogP contribution in [0.4, 0.5) is 5.82 Å². The molecule has 1 aromatic rings. The molecule has 0 bridgehead atoms. The third-order valence-corrected chi connectivity index (χ3v) is 4.29. The summed E-state index contributed by atoms with van der Waals surface area (Å²) in [7, 11) is -4.20. The number of anilines is 1. The SMILES string of the molecule is NC(=O)c1ncn([C@@H]2O[C@H]3COP(=O)(O)O[C@H]3[C@H]2O)c1N. The fraction of sp³-hybridized carbons (Fsp3) is 0.556. The molecule has 6 N–H and O–H groups in total. The van der Waals surface area contributed by atoms with Crippen molar-refractivity contribution in [2.45, 2.75) is 24.5 Å². The Hall–Kier alpha value is -1.49. The number of fused-ring (bicyclic) bond motifs is 1. The Morgan fingerprint density at radius 1 is 1.57 bits per heavy atom. The molecule has 0 aliphatic carbocycles. The molecule has 3 rings (SSSR count). The van der Waals surface area contributed by atoms with Crippen molar-refractivity contribution < 1.29 is 33.1 Å². The average molecular weight is 320 g/mol. The highest BCUT2D eigenvalue weighted by molar-refractivity contribution is 7.47. The zero-order valence-corrected chi connectivity index (χ0v) is 11.4. The third kappa shape index (κ3) is 2.33. The van der Waals surface area contributed by atoms with Crippen molar-refractivity contribution in [3.63, 3.8) is 0 Å². The zero-order chi connectivity index (χ0) is 15.4. The highest BCUT2D eigenvalue weighted by Gasteiger charge is 2.52. The number of imidazole rings is 1. The number of hydrogen-bond acceptors (Lipinski definition) is 8. The van der Waals surface area contributed by atoms with Crippen LogP contribution in [0.5, 0.6) is 0 Å². The molecule has 5 atom stereocenters. The molecular formula is C9H13N4O7P. The maximum Gasteiger partial charge on any atom is 0.472 e. The monoisotopic (exact) mass is 320 g/mol. The van der Waals surface area contributed by atoms with E-state index in [4.69, 9.17) is 20.7 Å². The van der Waals surface area contributed by atoms with E-state index in [0.717, 1.165) is 0 Å². The number of nitrogen functional groups attached to an aromatic ring is 1. The summed E-state index contributed by atoms with van der Waals surface area (Å²) in [6.07, 6.45) is -2.96. The first kappa shape index (κ1) is 14.4. The van der Waals surface area contributed by atoms with Gasteiger partial charge in [0.15, 0.2) is 11.9 Å². The van der Waals surface area contributed by atoms with Gasteiger partial charge in [-0.3, -0.25) is 18.4 Å². The standard InChI is InChI=1S/C9H13N4O7P/c10-7-4(8(11)15)12-2-13(7)9-5(14)6-3(19-9)1-18-21(16,17)20-6/h2-3,5-6,9,14H,1,10H2,(H2,11,15)(H,16,17)/t3-,5+,6+,9+/m0/s1. The second-order valence-corrected chi connectivity index (χ2v) is 6.05. The number of primary amides is 1. The van der Waals surface area contributed by atoms with E-state index < -0.39 is 38.3 Å². The summed E-state index contributed by atoms with van der Waals surface area (Å²) in [4.78, 5) is 24.1. The second-order valence-electron chi connectivity index (χ2n) is 4.64. The number of phosphoric acid groups is 1. The van der Waals surface area contributed by atoms with E-state index in [0.29, 0.717) is 0 Å². The lowest BCUT2D eigenvalue weighted by Gasteiger charge is -2.27. The van der Waals surface area contributed by atoms with Gasteiger partial charge in [0, 0.05) is 0 Å². The van der Waals surface area contributed by atoms with Crippen molar-refractivity contribution in [3.8, 4) is 0 Å². The molecule has 0 spiro atoms. The topological polar surface area (TPSA) is 172 Å². The molecule has 2 saturated heterocycles. The lowest BCUT2D eigenvalue weighted by molar-refractivity contribution is -0.0668. The molecule has 1 aromatic heterocycles.